The number of rotatable bonds is 2. The van der Waals surface area contributed by atoms with Gasteiger partial charge in [-0.15, -0.1) is 0 Å². The number of aromatic carboxylic acids is 2. The molecule has 2 radical (unpaired) electrons. The highest BCUT2D eigenvalue weighted by molar-refractivity contribution is 5.91. The predicted molar refractivity (Wildman–Crippen MR) is 46.1 cm³/mol. The Morgan fingerprint density at radius 3 is 1.23 bits per heavy atom. The molecule has 1 aromatic carbocycles. The molecule has 0 bridgehead atoms. The molecular formula is C8H6MgO4. The lowest BCUT2D eigenvalue weighted by Gasteiger charge is -1.94. The summed E-state index contributed by atoms with van der Waals surface area (Å²) in [5.74, 6) is -2.13. The van der Waals surface area contributed by atoms with Crippen molar-refractivity contribution in [1.82, 2.24) is 0 Å². The Labute approximate surface area is 90.3 Å². The zero-order chi connectivity index (χ0) is 9.14. The van der Waals surface area contributed by atoms with Crippen LogP contribution in [0.15, 0.2) is 24.3 Å². The second kappa shape index (κ2) is 4.83. The van der Waals surface area contributed by atoms with Crippen molar-refractivity contribution in [2.24, 2.45) is 0 Å². The third-order valence-corrected chi connectivity index (χ3v) is 1.38. The molecule has 0 unspecified atom stereocenters. The molecule has 64 valence electrons. The average molecular weight is 190 g/mol. The van der Waals surface area contributed by atoms with Crippen molar-refractivity contribution in [3.63, 3.8) is 0 Å². The van der Waals surface area contributed by atoms with Crippen molar-refractivity contribution >= 4 is 35.0 Å². The monoisotopic (exact) mass is 190 g/mol. The lowest BCUT2D eigenvalue weighted by Crippen LogP contribution is -1.99. The van der Waals surface area contributed by atoms with E-state index in [1.807, 2.05) is 0 Å². The Morgan fingerprint density at radius 1 is 0.846 bits per heavy atom. The van der Waals surface area contributed by atoms with E-state index in [2.05, 4.69) is 0 Å². The van der Waals surface area contributed by atoms with Gasteiger partial charge in [-0.05, 0) is 24.3 Å². The average Bonchev–Trinajstić information content (AvgIpc) is 2.04. The van der Waals surface area contributed by atoms with Crippen LogP contribution >= 0.6 is 0 Å². The first kappa shape index (κ1) is 11.9. The maximum Gasteiger partial charge on any atom is 0.335 e. The van der Waals surface area contributed by atoms with E-state index in [0.29, 0.717) is 0 Å². The summed E-state index contributed by atoms with van der Waals surface area (Å²) in [7, 11) is 0. The molecule has 5 heteroatoms. The van der Waals surface area contributed by atoms with Crippen LogP contribution in [0, 0.1) is 0 Å². The minimum atomic E-state index is -1.06. The molecule has 1 rings (SSSR count). The Bertz CT molecular complexity index is 284. The van der Waals surface area contributed by atoms with Crippen LogP contribution in [0.25, 0.3) is 0 Å². The van der Waals surface area contributed by atoms with Gasteiger partial charge < -0.3 is 10.2 Å². The van der Waals surface area contributed by atoms with Crippen LogP contribution in [0.1, 0.15) is 20.7 Å². The smallest absolute Gasteiger partial charge is 0.335 e. The van der Waals surface area contributed by atoms with Crippen molar-refractivity contribution < 1.29 is 19.8 Å². The van der Waals surface area contributed by atoms with Gasteiger partial charge in [0.2, 0.25) is 0 Å². The first-order valence-corrected chi connectivity index (χ1v) is 3.18. The third-order valence-electron chi connectivity index (χ3n) is 1.38. The van der Waals surface area contributed by atoms with Gasteiger partial charge in [-0.25, -0.2) is 9.59 Å². The Kier molecular flexibility index (Phi) is 4.43. The Hall–Kier alpha value is -1.07. The van der Waals surface area contributed by atoms with E-state index >= 15 is 0 Å². The molecule has 0 heterocycles. The number of hydrogen-bond donors (Lipinski definition) is 2. The summed E-state index contributed by atoms with van der Waals surface area (Å²) >= 11 is 0. The van der Waals surface area contributed by atoms with Gasteiger partial charge >= 0.3 is 11.9 Å². The molecule has 0 amide bonds. The van der Waals surface area contributed by atoms with Gasteiger partial charge in [-0.1, -0.05) is 0 Å². The van der Waals surface area contributed by atoms with Crippen molar-refractivity contribution in [3.8, 4) is 0 Å². The predicted octanol–water partition coefficient (Wildman–Crippen LogP) is 0.702. The van der Waals surface area contributed by atoms with Crippen LogP contribution in [-0.4, -0.2) is 45.2 Å². The van der Waals surface area contributed by atoms with Crippen LogP contribution in [0.3, 0.4) is 0 Å². The summed E-state index contributed by atoms with van der Waals surface area (Å²) < 4.78 is 0. The maximum atomic E-state index is 10.3. The summed E-state index contributed by atoms with van der Waals surface area (Å²) in [4.78, 5) is 20.7. The minimum absolute atomic E-state index is 0. The summed E-state index contributed by atoms with van der Waals surface area (Å²) in [5, 5.41) is 16.9. The first-order valence-electron chi connectivity index (χ1n) is 3.18. The third kappa shape index (κ3) is 3.04. The molecule has 0 atom stereocenters. The lowest BCUT2D eigenvalue weighted by molar-refractivity contribution is 0.0681. The summed E-state index contributed by atoms with van der Waals surface area (Å²) in [6, 6.07) is 5.02. The van der Waals surface area contributed by atoms with E-state index in [1.54, 1.807) is 0 Å². The van der Waals surface area contributed by atoms with Crippen molar-refractivity contribution in [2.75, 3.05) is 0 Å². The van der Waals surface area contributed by atoms with Crippen LogP contribution in [0.4, 0.5) is 0 Å². The topological polar surface area (TPSA) is 74.6 Å². The van der Waals surface area contributed by atoms with E-state index in [9.17, 15) is 9.59 Å². The Balaban J connectivity index is 0.00000144. The summed E-state index contributed by atoms with van der Waals surface area (Å²) in [6.45, 7) is 0. The van der Waals surface area contributed by atoms with Gasteiger partial charge in [0.1, 0.15) is 0 Å². The number of hydrogen-bond acceptors (Lipinski definition) is 2. The first-order chi connectivity index (χ1) is 5.61. The van der Waals surface area contributed by atoms with E-state index in [1.165, 1.54) is 24.3 Å². The van der Waals surface area contributed by atoms with Gasteiger partial charge in [-0.2, -0.15) is 0 Å². The van der Waals surface area contributed by atoms with Crippen molar-refractivity contribution in [2.45, 2.75) is 0 Å². The van der Waals surface area contributed by atoms with E-state index in [4.69, 9.17) is 10.2 Å². The molecule has 0 aliphatic heterocycles. The molecule has 0 saturated heterocycles. The van der Waals surface area contributed by atoms with Crippen LogP contribution < -0.4 is 0 Å². The number of carboxylic acid groups (broad SMARTS) is 2. The SMILES string of the molecule is O=C(O)c1ccc(C(=O)O)cc1.[Mg]. The van der Waals surface area contributed by atoms with Crippen molar-refractivity contribution in [1.29, 1.82) is 0 Å². The molecule has 4 nitrogen and oxygen atoms in total. The van der Waals surface area contributed by atoms with Gasteiger partial charge in [0.05, 0.1) is 11.1 Å². The molecule has 0 spiro atoms. The highest BCUT2D eigenvalue weighted by atomic mass is 24.3. The van der Waals surface area contributed by atoms with Crippen LogP contribution in [0.2, 0.25) is 0 Å². The molecule has 2 N–H and O–H groups in total. The second-order valence-corrected chi connectivity index (χ2v) is 2.19. The fourth-order valence-corrected chi connectivity index (χ4v) is 0.755. The summed E-state index contributed by atoms with van der Waals surface area (Å²) in [5.41, 5.74) is 0.167. The standard InChI is InChI=1S/C8H6O4.Mg/c9-7(10)5-1-2-6(4-3-5)8(11)12;/h1-4H,(H,9,10)(H,11,12);. The minimum Gasteiger partial charge on any atom is -0.478 e. The normalized spacial score (nSPS) is 8.62. The fraction of sp³-hybridized carbons (Fsp3) is 0. The maximum absolute atomic E-state index is 10.3. The molecule has 0 aromatic heterocycles. The molecule has 0 aliphatic carbocycles. The van der Waals surface area contributed by atoms with Gasteiger partial charge in [0.15, 0.2) is 0 Å². The quantitative estimate of drug-likeness (QED) is 0.673. The number of benzene rings is 1. The molecule has 13 heavy (non-hydrogen) atoms. The van der Waals surface area contributed by atoms with E-state index < -0.39 is 11.9 Å². The zero-order valence-electron chi connectivity index (χ0n) is 6.73. The fourth-order valence-electron chi connectivity index (χ4n) is 0.755. The van der Waals surface area contributed by atoms with Crippen LogP contribution in [-0.2, 0) is 0 Å². The molecule has 0 aliphatic rings. The zero-order valence-corrected chi connectivity index (χ0v) is 8.14. The highest BCUT2D eigenvalue weighted by Gasteiger charge is 2.04. The molecular weight excluding hydrogens is 184 g/mol. The number of carboxylic acids is 2. The van der Waals surface area contributed by atoms with Gasteiger partial charge in [0.25, 0.3) is 0 Å². The molecule has 0 saturated carbocycles. The number of carbonyl (C=O) groups is 2. The van der Waals surface area contributed by atoms with E-state index in [-0.39, 0.29) is 34.2 Å². The van der Waals surface area contributed by atoms with Crippen molar-refractivity contribution in [3.05, 3.63) is 35.4 Å². The lowest BCUT2D eigenvalue weighted by atomic mass is 10.1. The van der Waals surface area contributed by atoms with E-state index in [0.717, 1.165) is 0 Å². The highest BCUT2D eigenvalue weighted by Crippen LogP contribution is 2.03. The van der Waals surface area contributed by atoms with Gasteiger partial charge in [0, 0.05) is 23.1 Å². The second-order valence-electron chi connectivity index (χ2n) is 2.19. The van der Waals surface area contributed by atoms with Gasteiger partial charge in [-0.3, -0.25) is 0 Å². The largest absolute Gasteiger partial charge is 0.478 e. The molecule has 1 aromatic rings. The summed E-state index contributed by atoms with van der Waals surface area (Å²) in [6.07, 6.45) is 0. The Morgan fingerprint density at radius 2 is 1.08 bits per heavy atom. The molecule has 0 fully saturated rings. The van der Waals surface area contributed by atoms with Crippen LogP contribution in [0.5, 0.6) is 0 Å².